The second kappa shape index (κ2) is 8.13. The molecule has 0 aliphatic carbocycles. The van der Waals surface area contributed by atoms with Crippen molar-refractivity contribution in [2.75, 3.05) is 11.9 Å². The molecule has 168 valence electrons. The lowest BCUT2D eigenvalue weighted by Crippen LogP contribution is -2.45. The Morgan fingerprint density at radius 1 is 1.16 bits per heavy atom. The lowest BCUT2D eigenvalue weighted by Gasteiger charge is -2.27. The lowest BCUT2D eigenvalue weighted by molar-refractivity contribution is -0.120. The van der Waals surface area contributed by atoms with Crippen molar-refractivity contribution >= 4 is 23.6 Å². The van der Waals surface area contributed by atoms with Crippen LogP contribution in [0.4, 0.5) is 19.5 Å². The van der Waals surface area contributed by atoms with Gasteiger partial charge in [-0.25, -0.2) is 9.31 Å². The number of likely N-dealkylation sites (tertiary alicyclic amines) is 1. The van der Waals surface area contributed by atoms with Gasteiger partial charge < -0.3 is 4.74 Å². The quantitative estimate of drug-likeness (QED) is 0.622. The molecule has 3 aromatic rings. The molecule has 1 fully saturated rings. The SMILES string of the molecule is CC(C)(C)OC(=O)N1CCC[C@@H]1C(=O)Nc1nc2ccc(-c3ccc(F)nc3F)cn2n1. The highest BCUT2D eigenvalue weighted by molar-refractivity contribution is 5.95. The number of hydrogen-bond acceptors (Lipinski definition) is 6. The molecule has 1 N–H and O–H groups in total. The number of pyridine rings is 2. The highest BCUT2D eigenvalue weighted by Gasteiger charge is 2.37. The Hall–Kier alpha value is -3.63. The molecule has 0 bridgehead atoms. The summed E-state index contributed by atoms with van der Waals surface area (Å²) in [7, 11) is 0. The number of nitrogens with zero attached hydrogens (tertiary/aromatic N) is 5. The Morgan fingerprint density at radius 3 is 2.66 bits per heavy atom. The summed E-state index contributed by atoms with van der Waals surface area (Å²) in [6, 6.07) is 4.83. The zero-order chi connectivity index (χ0) is 23.0. The number of carbonyl (C=O) groups is 2. The van der Waals surface area contributed by atoms with Crippen LogP contribution >= 0.6 is 0 Å². The molecule has 2 amide bonds. The molecule has 9 nitrogen and oxygen atoms in total. The molecule has 1 saturated heterocycles. The van der Waals surface area contributed by atoms with Gasteiger partial charge in [0.15, 0.2) is 5.65 Å². The van der Waals surface area contributed by atoms with Crippen molar-refractivity contribution in [1.82, 2.24) is 24.5 Å². The van der Waals surface area contributed by atoms with Gasteiger partial charge >= 0.3 is 6.09 Å². The maximum Gasteiger partial charge on any atom is 0.410 e. The fourth-order valence-corrected chi connectivity index (χ4v) is 3.49. The lowest BCUT2D eigenvalue weighted by atomic mass is 10.1. The number of aromatic nitrogens is 4. The van der Waals surface area contributed by atoms with E-state index in [0.29, 0.717) is 30.6 Å². The van der Waals surface area contributed by atoms with Crippen LogP contribution in [0.2, 0.25) is 0 Å². The molecule has 0 saturated carbocycles. The van der Waals surface area contributed by atoms with E-state index in [1.807, 2.05) is 0 Å². The monoisotopic (exact) mass is 444 g/mol. The van der Waals surface area contributed by atoms with E-state index < -0.39 is 35.5 Å². The molecule has 11 heteroatoms. The average molecular weight is 444 g/mol. The minimum absolute atomic E-state index is 0.0425. The van der Waals surface area contributed by atoms with Crippen molar-refractivity contribution in [1.29, 1.82) is 0 Å². The number of nitrogens with one attached hydrogen (secondary N) is 1. The van der Waals surface area contributed by atoms with Crippen LogP contribution in [0.1, 0.15) is 33.6 Å². The van der Waals surface area contributed by atoms with Gasteiger partial charge in [-0.15, -0.1) is 5.10 Å². The van der Waals surface area contributed by atoms with Crippen LogP contribution in [0.25, 0.3) is 16.8 Å². The highest BCUT2D eigenvalue weighted by atomic mass is 19.1. The van der Waals surface area contributed by atoms with Gasteiger partial charge in [0.05, 0.1) is 0 Å². The molecule has 4 rings (SSSR count). The van der Waals surface area contributed by atoms with Crippen molar-refractivity contribution in [2.45, 2.75) is 45.3 Å². The van der Waals surface area contributed by atoms with Gasteiger partial charge in [0.1, 0.15) is 11.6 Å². The largest absolute Gasteiger partial charge is 0.444 e. The van der Waals surface area contributed by atoms with Crippen LogP contribution in [0.3, 0.4) is 0 Å². The number of ether oxygens (including phenoxy) is 1. The fraction of sp³-hybridized carbons (Fsp3) is 0.381. The van der Waals surface area contributed by atoms with Crippen LogP contribution in [0.5, 0.6) is 0 Å². The van der Waals surface area contributed by atoms with Crippen LogP contribution < -0.4 is 5.32 Å². The summed E-state index contributed by atoms with van der Waals surface area (Å²) in [5.74, 6) is -2.23. The topological polar surface area (TPSA) is 102 Å². The first-order valence-electron chi connectivity index (χ1n) is 10.1. The second-order valence-corrected chi connectivity index (χ2v) is 8.45. The molecule has 4 heterocycles. The normalized spacial score (nSPS) is 16.4. The molecular formula is C21H22F2N6O3. The van der Waals surface area contributed by atoms with Gasteiger partial charge in [0.2, 0.25) is 23.8 Å². The number of hydrogen-bond donors (Lipinski definition) is 1. The molecular weight excluding hydrogens is 422 g/mol. The predicted molar refractivity (Wildman–Crippen MR) is 111 cm³/mol. The van der Waals surface area contributed by atoms with Crippen molar-refractivity contribution in [3.05, 3.63) is 42.4 Å². The van der Waals surface area contributed by atoms with Crippen molar-refractivity contribution < 1.29 is 23.1 Å². The fourth-order valence-electron chi connectivity index (χ4n) is 3.49. The van der Waals surface area contributed by atoms with E-state index in [2.05, 4.69) is 20.4 Å². The van der Waals surface area contributed by atoms with E-state index >= 15 is 0 Å². The van der Waals surface area contributed by atoms with Crippen LogP contribution in [0, 0.1) is 11.9 Å². The minimum atomic E-state index is -0.943. The smallest absolute Gasteiger partial charge is 0.410 e. The van der Waals surface area contributed by atoms with Gasteiger partial charge in [-0.05, 0) is 57.9 Å². The third-order valence-corrected chi connectivity index (χ3v) is 4.88. The molecule has 1 aliphatic heterocycles. The Balaban J connectivity index is 1.51. The molecule has 1 atom stereocenters. The third-order valence-electron chi connectivity index (χ3n) is 4.88. The van der Waals surface area contributed by atoms with Crippen molar-refractivity contribution in [3.8, 4) is 11.1 Å². The van der Waals surface area contributed by atoms with Gasteiger partial charge in [0, 0.05) is 23.9 Å². The molecule has 0 radical (unpaired) electrons. The second-order valence-electron chi connectivity index (χ2n) is 8.45. The summed E-state index contributed by atoms with van der Waals surface area (Å²) in [6.07, 6.45) is 2.13. The van der Waals surface area contributed by atoms with Crippen molar-refractivity contribution in [2.24, 2.45) is 0 Å². The number of anilines is 1. The first-order chi connectivity index (χ1) is 15.1. The first kappa shape index (κ1) is 21.6. The number of rotatable bonds is 3. The zero-order valence-electron chi connectivity index (χ0n) is 17.8. The van der Waals surface area contributed by atoms with Crippen LogP contribution in [-0.2, 0) is 9.53 Å². The number of amides is 2. The summed E-state index contributed by atoms with van der Waals surface area (Å²) in [6.45, 7) is 5.71. The van der Waals surface area contributed by atoms with Crippen molar-refractivity contribution in [3.63, 3.8) is 0 Å². The van der Waals surface area contributed by atoms with E-state index in [0.717, 1.165) is 6.07 Å². The average Bonchev–Trinajstić information content (AvgIpc) is 3.32. The maximum absolute atomic E-state index is 14.0. The van der Waals surface area contributed by atoms with E-state index in [4.69, 9.17) is 4.74 Å². The number of carbonyl (C=O) groups excluding carboxylic acids is 2. The Kier molecular flexibility index (Phi) is 5.49. The van der Waals surface area contributed by atoms with Crippen LogP contribution in [-0.4, -0.2) is 54.7 Å². The van der Waals surface area contributed by atoms with E-state index in [9.17, 15) is 18.4 Å². The summed E-state index contributed by atoms with van der Waals surface area (Å²) in [4.78, 5) is 34.0. The zero-order valence-corrected chi connectivity index (χ0v) is 17.8. The first-order valence-corrected chi connectivity index (χ1v) is 10.1. The Labute approximate surface area is 182 Å². The number of halogens is 2. The summed E-state index contributed by atoms with van der Waals surface area (Å²) in [5, 5.41) is 6.84. The van der Waals surface area contributed by atoms with E-state index in [1.165, 1.54) is 21.7 Å². The predicted octanol–water partition coefficient (Wildman–Crippen LogP) is 3.41. The molecule has 1 aliphatic rings. The number of fused-ring (bicyclic) bond motifs is 1. The van der Waals surface area contributed by atoms with E-state index in [1.54, 1.807) is 32.9 Å². The Morgan fingerprint density at radius 2 is 1.94 bits per heavy atom. The van der Waals surface area contributed by atoms with Gasteiger partial charge in [0.25, 0.3) is 0 Å². The Bertz CT molecular complexity index is 1190. The van der Waals surface area contributed by atoms with Gasteiger partial charge in [-0.3, -0.25) is 15.0 Å². The molecule has 3 aromatic heterocycles. The minimum Gasteiger partial charge on any atom is -0.444 e. The standard InChI is InChI=1S/C21H22F2N6O3/c1-21(2,3)32-20(31)28-10-4-5-14(28)18(30)26-19-25-16-9-6-12(11-29(16)27-19)13-7-8-15(22)24-17(13)23/h6-9,11,14H,4-5,10H2,1-3H3,(H,26,27,30)/t14-/m1/s1. The molecule has 0 spiro atoms. The summed E-state index contributed by atoms with van der Waals surface area (Å²) < 4.78 is 33.8. The molecule has 0 aromatic carbocycles. The van der Waals surface area contributed by atoms with Gasteiger partial charge in [-0.2, -0.15) is 18.7 Å². The maximum atomic E-state index is 14.0. The van der Waals surface area contributed by atoms with Gasteiger partial charge in [-0.1, -0.05) is 0 Å². The molecule has 0 unspecified atom stereocenters. The summed E-state index contributed by atoms with van der Waals surface area (Å²) >= 11 is 0. The van der Waals surface area contributed by atoms with E-state index in [-0.39, 0.29) is 11.5 Å². The van der Waals surface area contributed by atoms with Crippen LogP contribution in [0.15, 0.2) is 30.5 Å². The summed E-state index contributed by atoms with van der Waals surface area (Å²) in [5.41, 5.74) is 0.265. The third kappa shape index (κ3) is 4.51. The molecule has 32 heavy (non-hydrogen) atoms. The highest BCUT2D eigenvalue weighted by Crippen LogP contribution is 2.24.